The standard InChI is InChI=1S/C19H17F3N4O4/c20-19(21,22)15(11-4-2-1-3-5-11)25-18(30)26-14(17(28)29)12(16(26)27)8-10-6-7-24-13(23)9-10/h1-7,9,12,14-15H,8H2,(H2,23,24)(H,25,30)(H,28,29)/t12-,14+,15+/m1/s1. The van der Waals surface area contributed by atoms with Gasteiger partial charge in [0.05, 0.1) is 5.92 Å². The highest BCUT2D eigenvalue weighted by atomic mass is 19.4. The zero-order chi connectivity index (χ0) is 22.1. The van der Waals surface area contributed by atoms with E-state index in [0.29, 0.717) is 10.5 Å². The van der Waals surface area contributed by atoms with Crippen LogP contribution < -0.4 is 11.1 Å². The van der Waals surface area contributed by atoms with Gasteiger partial charge in [-0.05, 0) is 29.7 Å². The van der Waals surface area contributed by atoms with E-state index < -0.39 is 42.1 Å². The van der Waals surface area contributed by atoms with Gasteiger partial charge in [0.25, 0.3) is 0 Å². The number of anilines is 1. The first-order valence-electron chi connectivity index (χ1n) is 8.78. The molecule has 0 bridgehead atoms. The number of aliphatic carboxylic acids is 1. The summed E-state index contributed by atoms with van der Waals surface area (Å²) in [5.41, 5.74) is 5.83. The summed E-state index contributed by atoms with van der Waals surface area (Å²) in [5, 5.41) is 11.2. The fraction of sp³-hybridized carbons (Fsp3) is 0.263. The molecule has 1 aliphatic rings. The van der Waals surface area contributed by atoms with Crippen molar-refractivity contribution in [3.8, 4) is 0 Å². The van der Waals surface area contributed by atoms with Crippen LogP contribution in [-0.2, 0) is 16.0 Å². The number of carbonyl (C=O) groups is 3. The Hall–Kier alpha value is -3.63. The minimum absolute atomic E-state index is 0.0479. The molecule has 3 amide bonds. The van der Waals surface area contributed by atoms with E-state index in [4.69, 9.17) is 5.73 Å². The number of nitrogens with zero attached hydrogens (tertiary/aromatic N) is 2. The first kappa shape index (κ1) is 21.1. The molecule has 0 saturated carbocycles. The molecule has 1 aromatic heterocycles. The van der Waals surface area contributed by atoms with Crippen LogP contribution in [0.2, 0.25) is 0 Å². The van der Waals surface area contributed by atoms with Gasteiger partial charge in [0.2, 0.25) is 5.91 Å². The second kappa shape index (κ2) is 8.01. The van der Waals surface area contributed by atoms with E-state index in [1.165, 1.54) is 48.7 Å². The van der Waals surface area contributed by atoms with Crippen molar-refractivity contribution in [3.05, 3.63) is 59.8 Å². The second-order valence-electron chi connectivity index (χ2n) is 6.73. The number of imide groups is 1. The quantitative estimate of drug-likeness (QED) is 0.634. The van der Waals surface area contributed by atoms with E-state index in [9.17, 15) is 32.7 Å². The summed E-state index contributed by atoms with van der Waals surface area (Å²) < 4.78 is 40.4. The Morgan fingerprint density at radius 2 is 1.90 bits per heavy atom. The van der Waals surface area contributed by atoms with Gasteiger partial charge in [0.1, 0.15) is 5.82 Å². The molecule has 11 heteroatoms. The maximum atomic E-state index is 13.5. The van der Waals surface area contributed by atoms with Crippen LogP contribution in [0.1, 0.15) is 17.2 Å². The number of benzene rings is 1. The van der Waals surface area contributed by atoms with Crippen molar-refractivity contribution < 1.29 is 32.7 Å². The van der Waals surface area contributed by atoms with E-state index in [0.717, 1.165) is 0 Å². The van der Waals surface area contributed by atoms with E-state index in [2.05, 4.69) is 4.98 Å². The molecule has 1 saturated heterocycles. The molecule has 2 aromatic rings. The van der Waals surface area contributed by atoms with Gasteiger partial charge in [-0.2, -0.15) is 13.2 Å². The van der Waals surface area contributed by atoms with Crippen LogP contribution in [0.4, 0.5) is 23.8 Å². The van der Waals surface area contributed by atoms with Crippen LogP contribution in [0.25, 0.3) is 0 Å². The molecule has 3 atom stereocenters. The Kier molecular flexibility index (Phi) is 5.63. The third-order valence-electron chi connectivity index (χ3n) is 4.71. The summed E-state index contributed by atoms with van der Waals surface area (Å²) >= 11 is 0. The number of β-lactam (4-membered cyclic amide) rings is 1. The Morgan fingerprint density at radius 3 is 2.47 bits per heavy atom. The predicted molar refractivity (Wildman–Crippen MR) is 97.9 cm³/mol. The lowest BCUT2D eigenvalue weighted by molar-refractivity contribution is -0.168. The molecular weight excluding hydrogens is 405 g/mol. The third kappa shape index (κ3) is 4.19. The number of carboxylic acids is 1. The lowest BCUT2D eigenvalue weighted by atomic mass is 9.82. The Bertz CT molecular complexity index is 968. The molecule has 2 heterocycles. The number of carbonyl (C=O) groups excluding carboxylic acids is 2. The van der Waals surface area contributed by atoms with Crippen LogP contribution >= 0.6 is 0 Å². The summed E-state index contributed by atoms with van der Waals surface area (Å²) in [6, 6.07) is 4.13. The number of amides is 3. The van der Waals surface area contributed by atoms with Gasteiger partial charge in [0, 0.05) is 6.20 Å². The molecule has 0 radical (unpaired) electrons. The summed E-state index contributed by atoms with van der Waals surface area (Å²) in [7, 11) is 0. The van der Waals surface area contributed by atoms with Gasteiger partial charge in [-0.1, -0.05) is 30.3 Å². The topological polar surface area (TPSA) is 126 Å². The van der Waals surface area contributed by atoms with Crippen LogP contribution in [-0.4, -0.2) is 45.1 Å². The molecule has 0 spiro atoms. The molecule has 3 rings (SSSR count). The van der Waals surface area contributed by atoms with Crippen molar-refractivity contribution in [1.29, 1.82) is 0 Å². The fourth-order valence-electron chi connectivity index (χ4n) is 3.32. The first-order valence-corrected chi connectivity index (χ1v) is 8.78. The smallest absolute Gasteiger partial charge is 0.412 e. The Morgan fingerprint density at radius 1 is 1.23 bits per heavy atom. The summed E-state index contributed by atoms with van der Waals surface area (Å²) in [6.45, 7) is 0. The number of aromatic nitrogens is 1. The number of halogens is 3. The SMILES string of the molecule is Nc1cc(C[C@H]2C(=O)N(C(=O)N[C@@H](c3ccccc3)C(F)(F)F)[C@@H]2C(=O)O)ccn1. The number of nitrogens with one attached hydrogen (secondary N) is 1. The number of hydrogen-bond donors (Lipinski definition) is 3. The van der Waals surface area contributed by atoms with E-state index in [1.807, 2.05) is 0 Å². The molecule has 1 aliphatic heterocycles. The number of urea groups is 1. The number of likely N-dealkylation sites (tertiary alicyclic amines) is 1. The number of pyridine rings is 1. The summed E-state index contributed by atoms with van der Waals surface area (Å²) in [5.74, 6) is -3.34. The van der Waals surface area contributed by atoms with Gasteiger partial charge in [-0.3, -0.25) is 4.79 Å². The Labute approximate surface area is 168 Å². The maximum Gasteiger partial charge on any atom is 0.412 e. The highest BCUT2D eigenvalue weighted by molar-refractivity contribution is 6.07. The van der Waals surface area contributed by atoms with Gasteiger partial charge in [0.15, 0.2) is 12.1 Å². The van der Waals surface area contributed by atoms with E-state index >= 15 is 0 Å². The molecule has 30 heavy (non-hydrogen) atoms. The number of carboxylic acid groups (broad SMARTS) is 1. The van der Waals surface area contributed by atoms with Gasteiger partial charge in [-0.25, -0.2) is 19.5 Å². The van der Waals surface area contributed by atoms with Crippen molar-refractivity contribution >= 4 is 23.7 Å². The van der Waals surface area contributed by atoms with Gasteiger partial charge in [-0.15, -0.1) is 0 Å². The van der Waals surface area contributed by atoms with Crippen molar-refractivity contribution in [2.45, 2.75) is 24.7 Å². The highest BCUT2D eigenvalue weighted by Crippen LogP contribution is 2.35. The number of rotatable bonds is 5. The zero-order valence-electron chi connectivity index (χ0n) is 15.3. The van der Waals surface area contributed by atoms with E-state index in [-0.39, 0.29) is 17.8 Å². The predicted octanol–water partition coefficient (Wildman–Crippen LogP) is 2.13. The summed E-state index contributed by atoms with van der Waals surface area (Å²) in [6.07, 6.45) is -3.52. The number of nitrogen functional groups attached to an aromatic ring is 1. The largest absolute Gasteiger partial charge is 0.480 e. The first-order chi connectivity index (χ1) is 14.1. The molecule has 4 N–H and O–H groups in total. The maximum absolute atomic E-state index is 13.5. The third-order valence-corrected chi connectivity index (χ3v) is 4.71. The molecule has 158 valence electrons. The summed E-state index contributed by atoms with van der Waals surface area (Å²) in [4.78, 5) is 40.6. The van der Waals surface area contributed by atoms with Crippen molar-refractivity contribution in [1.82, 2.24) is 15.2 Å². The number of nitrogens with two attached hydrogens (primary N) is 1. The molecule has 1 aromatic carbocycles. The molecule has 8 nitrogen and oxygen atoms in total. The zero-order valence-corrected chi connectivity index (χ0v) is 15.3. The average molecular weight is 422 g/mol. The normalized spacial score (nSPS) is 19.7. The fourth-order valence-corrected chi connectivity index (χ4v) is 3.32. The average Bonchev–Trinajstić information content (AvgIpc) is 2.67. The van der Waals surface area contributed by atoms with Crippen LogP contribution in [0, 0.1) is 5.92 Å². The van der Waals surface area contributed by atoms with Gasteiger partial charge < -0.3 is 16.2 Å². The lowest BCUT2D eigenvalue weighted by Gasteiger charge is -2.43. The van der Waals surface area contributed by atoms with Crippen LogP contribution in [0.15, 0.2) is 48.7 Å². The highest BCUT2D eigenvalue weighted by Gasteiger charge is 2.55. The molecule has 0 unspecified atom stereocenters. The molecule has 0 aliphatic carbocycles. The van der Waals surface area contributed by atoms with Crippen LogP contribution in [0.3, 0.4) is 0 Å². The minimum atomic E-state index is -4.85. The Balaban J connectivity index is 1.79. The molecular formula is C19H17F3N4O4. The number of alkyl halides is 3. The van der Waals surface area contributed by atoms with Crippen molar-refractivity contribution in [2.24, 2.45) is 5.92 Å². The van der Waals surface area contributed by atoms with Crippen molar-refractivity contribution in [3.63, 3.8) is 0 Å². The lowest BCUT2D eigenvalue weighted by Crippen LogP contribution is -2.69. The second-order valence-corrected chi connectivity index (χ2v) is 6.73. The number of hydrogen-bond acceptors (Lipinski definition) is 5. The van der Waals surface area contributed by atoms with Crippen LogP contribution in [0.5, 0.6) is 0 Å². The molecule has 1 fully saturated rings. The van der Waals surface area contributed by atoms with E-state index in [1.54, 1.807) is 5.32 Å². The minimum Gasteiger partial charge on any atom is -0.480 e. The van der Waals surface area contributed by atoms with Crippen molar-refractivity contribution in [2.75, 3.05) is 5.73 Å². The van der Waals surface area contributed by atoms with Gasteiger partial charge >= 0.3 is 18.2 Å². The monoisotopic (exact) mass is 422 g/mol.